The molecule has 0 saturated heterocycles. The van der Waals surface area contributed by atoms with Gasteiger partial charge in [-0.1, -0.05) is 66.5 Å². The number of hydrogen-bond donors (Lipinski definition) is 1. The summed E-state index contributed by atoms with van der Waals surface area (Å²) in [4.78, 5) is 0. The van der Waals surface area contributed by atoms with Crippen molar-refractivity contribution < 1.29 is 4.74 Å². The zero-order valence-electron chi connectivity index (χ0n) is 14.9. The number of benzene rings is 3. The highest BCUT2D eigenvalue weighted by molar-refractivity contribution is 6.35. The van der Waals surface area contributed by atoms with Gasteiger partial charge in [0.1, 0.15) is 5.75 Å². The van der Waals surface area contributed by atoms with Gasteiger partial charge in [-0.2, -0.15) is 0 Å². The van der Waals surface area contributed by atoms with Crippen molar-refractivity contribution in [2.75, 3.05) is 13.2 Å². The zero-order chi connectivity index (χ0) is 18.4. The molecule has 26 heavy (non-hydrogen) atoms. The van der Waals surface area contributed by atoms with Gasteiger partial charge >= 0.3 is 0 Å². The van der Waals surface area contributed by atoms with Gasteiger partial charge in [-0.25, -0.2) is 0 Å². The maximum absolute atomic E-state index is 6.25. The highest BCUT2D eigenvalue weighted by Crippen LogP contribution is 2.28. The quantitative estimate of drug-likeness (QED) is 0.460. The van der Waals surface area contributed by atoms with Gasteiger partial charge in [-0.15, -0.1) is 0 Å². The van der Waals surface area contributed by atoms with Gasteiger partial charge in [0.15, 0.2) is 0 Å². The molecule has 0 unspecified atom stereocenters. The first kappa shape index (κ1) is 19.0. The summed E-state index contributed by atoms with van der Waals surface area (Å²) < 4.78 is 5.97. The van der Waals surface area contributed by atoms with E-state index in [0.717, 1.165) is 48.9 Å². The molecule has 3 aromatic carbocycles. The molecule has 3 rings (SSSR count). The first-order chi connectivity index (χ1) is 12.7. The van der Waals surface area contributed by atoms with Gasteiger partial charge < -0.3 is 10.1 Å². The minimum absolute atomic E-state index is 0.667. The fourth-order valence-corrected chi connectivity index (χ4v) is 3.51. The third-order valence-electron chi connectivity index (χ3n) is 4.35. The second-order valence-corrected chi connectivity index (χ2v) is 7.12. The summed E-state index contributed by atoms with van der Waals surface area (Å²) in [6.45, 7) is 4.43. The van der Waals surface area contributed by atoms with Crippen LogP contribution >= 0.6 is 23.2 Å². The van der Waals surface area contributed by atoms with Gasteiger partial charge in [0.25, 0.3) is 0 Å². The summed E-state index contributed by atoms with van der Waals surface area (Å²) in [6.07, 6.45) is 1.85. The molecular weight excluding hydrogens is 365 g/mol. The van der Waals surface area contributed by atoms with E-state index in [9.17, 15) is 0 Å². The summed E-state index contributed by atoms with van der Waals surface area (Å²) >= 11 is 12.2. The van der Waals surface area contributed by atoms with Gasteiger partial charge in [-0.05, 0) is 53.9 Å². The van der Waals surface area contributed by atoms with E-state index in [-0.39, 0.29) is 0 Å². The maximum atomic E-state index is 6.25. The van der Waals surface area contributed by atoms with Crippen molar-refractivity contribution >= 4 is 34.0 Å². The topological polar surface area (TPSA) is 21.3 Å². The van der Waals surface area contributed by atoms with E-state index in [1.165, 1.54) is 16.3 Å². The summed E-state index contributed by atoms with van der Waals surface area (Å²) in [5, 5.41) is 7.38. The van der Waals surface area contributed by atoms with Crippen LogP contribution in [-0.4, -0.2) is 13.2 Å². The maximum Gasteiger partial charge on any atom is 0.124 e. The zero-order valence-corrected chi connectivity index (χ0v) is 16.4. The summed E-state index contributed by atoms with van der Waals surface area (Å²) in [6, 6.07) is 18.3. The lowest BCUT2D eigenvalue weighted by atomic mass is 10.0. The molecule has 0 amide bonds. The number of halogens is 2. The second kappa shape index (κ2) is 9.27. The van der Waals surface area contributed by atoms with Crippen LogP contribution in [0.3, 0.4) is 0 Å². The smallest absolute Gasteiger partial charge is 0.124 e. The average molecular weight is 388 g/mol. The average Bonchev–Trinajstić information content (AvgIpc) is 2.65. The minimum Gasteiger partial charge on any atom is -0.493 e. The van der Waals surface area contributed by atoms with Crippen LogP contribution in [-0.2, 0) is 13.0 Å². The van der Waals surface area contributed by atoms with Crippen LogP contribution in [0.2, 0.25) is 10.0 Å². The molecule has 136 valence electrons. The number of rotatable bonds is 8. The number of nitrogens with one attached hydrogen (secondary N) is 1. The van der Waals surface area contributed by atoms with E-state index < -0.39 is 0 Å². The molecule has 0 fully saturated rings. The van der Waals surface area contributed by atoms with Crippen LogP contribution in [0.25, 0.3) is 10.8 Å². The molecule has 0 aromatic heterocycles. The standard InChI is InChI=1S/C22H23Cl2NO/c1-2-13-26-22-10-8-16-5-3-4-6-19(16)20(22)15-25-12-11-17-7-9-18(23)14-21(17)24/h3-10,14,25H,2,11-13,15H2,1H3. The summed E-state index contributed by atoms with van der Waals surface area (Å²) in [7, 11) is 0. The van der Waals surface area contributed by atoms with E-state index in [1.807, 2.05) is 12.1 Å². The SMILES string of the molecule is CCCOc1ccc2ccccc2c1CNCCc1ccc(Cl)cc1Cl. The highest BCUT2D eigenvalue weighted by Gasteiger charge is 2.09. The van der Waals surface area contributed by atoms with Crippen LogP contribution in [0.4, 0.5) is 0 Å². The molecule has 0 heterocycles. The third kappa shape index (κ3) is 4.70. The van der Waals surface area contributed by atoms with E-state index in [1.54, 1.807) is 6.07 Å². The predicted molar refractivity (Wildman–Crippen MR) is 112 cm³/mol. The molecule has 4 heteroatoms. The van der Waals surface area contributed by atoms with Crippen molar-refractivity contribution in [2.24, 2.45) is 0 Å². The van der Waals surface area contributed by atoms with Gasteiger partial charge in [-0.3, -0.25) is 0 Å². The van der Waals surface area contributed by atoms with Crippen LogP contribution in [0.1, 0.15) is 24.5 Å². The van der Waals surface area contributed by atoms with E-state index in [0.29, 0.717) is 5.02 Å². The van der Waals surface area contributed by atoms with Crippen molar-refractivity contribution in [1.82, 2.24) is 5.32 Å². The minimum atomic E-state index is 0.667. The molecular formula is C22H23Cl2NO. The normalized spacial score (nSPS) is 11.0. The number of hydrogen-bond acceptors (Lipinski definition) is 2. The molecule has 0 atom stereocenters. The Bertz CT molecular complexity index is 879. The number of ether oxygens (including phenoxy) is 1. The predicted octanol–water partition coefficient (Wildman–Crippen LogP) is 6.27. The van der Waals surface area contributed by atoms with Crippen molar-refractivity contribution in [1.29, 1.82) is 0 Å². The molecule has 0 bridgehead atoms. The van der Waals surface area contributed by atoms with Crippen molar-refractivity contribution in [3.05, 3.63) is 75.8 Å². The Morgan fingerprint density at radius 1 is 1.00 bits per heavy atom. The Hall–Kier alpha value is -1.74. The second-order valence-electron chi connectivity index (χ2n) is 6.27. The lowest BCUT2D eigenvalue weighted by molar-refractivity contribution is 0.314. The highest BCUT2D eigenvalue weighted by atomic mass is 35.5. The molecule has 0 radical (unpaired) electrons. The molecule has 0 aliphatic rings. The van der Waals surface area contributed by atoms with Gasteiger partial charge in [0, 0.05) is 22.2 Å². The number of fused-ring (bicyclic) bond motifs is 1. The Balaban J connectivity index is 1.70. The largest absolute Gasteiger partial charge is 0.493 e. The fourth-order valence-electron chi connectivity index (χ4n) is 3.01. The molecule has 3 aromatic rings. The van der Waals surface area contributed by atoms with Crippen LogP contribution in [0.5, 0.6) is 5.75 Å². The van der Waals surface area contributed by atoms with E-state index >= 15 is 0 Å². The Labute approximate surface area is 165 Å². The summed E-state index contributed by atoms with van der Waals surface area (Å²) in [5.41, 5.74) is 2.31. The van der Waals surface area contributed by atoms with E-state index in [2.05, 4.69) is 48.6 Å². The lowest BCUT2D eigenvalue weighted by Gasteiger charge is -2.15. The Kier molecular flexibility index (Phi) is 6.79. The Morgan fingerprint density at radius 2 is 1.85 bits per heavy atom. The van der Waals surface area contributed by atoms with Gasteiger partial charge in [0.05, 0.1) is 6.61 Å². The molecule has 0 aliphatic heterocycles. The lowest BCUT2D eigenvalue weighted by Crippen LogP contribution is -2.18. The fraction of sp³-hybridized carbons (Fsp3) is 0.273. The van der Waals surface area contributed by atoms with E-state index in [4.69, 9.17) is 27.9 Å². The Morgan fingerprint density at radius 3 is 2.65 bits per heavy atom. The first-order valence-corrected chi connectivity index (χ1v) is 9.72. The third-order valence-corrected chi connectivity index (χ3v) is 4.93. The van der Waals surface area contributed by atoms with Crippen LogP contribution < -0.4 is 10.1 Å². The van der Waals surface area contributed by atoms with Crippen LogP contribution in [0.15, 0.2) is 54.6 Å². The molecule has 0 aliphatic carbocycles. The van der Waals surface area contributed by atoms with Gasteiger partial charge in [0.2, 0.25) is 0 Å². The van der Waals surface area contributed by atoms with Crippen molar-refractivity contribution in [2.45, 2.75) is 26.3 Å². The van der Waals surface area contributed by atoms with Crippen molar-refractivity contribution in [3.8, 4) is 5.75 Å². The molecule has 1 N–H and O–H groups in total. The monoisotopic (exact) mass is 387 g/mol. The van der Waals surface area contributed by atoms with Crippen molar-refractivity contribution in [3.63, 3.8) is 0 Å². The van der Waals surface area contributed by atoms with Crippen LogP contribution in [0, 0.1) is 0 Å². The molecule has 0 saturated carbocycles. The molecule has 2 nitrogen and oxygen atoms in total. The molecule has 0 spiro atoms. The first-order valence-electron chi connectivity index (χ1n) is 8.97. The summed E-state index contributed by atoms with van der Waals surface area (Å²) in [5.74, 6) is 0.961.